The molecule has 0 aliphatic carbocycles. The summed E-state index contributed by atoms with van der Waals surface area (Å²) >= 11 is 0. The molecule has 0 radical (unpaired) electrons. The molecule has 6 nitrogen and oxygen atoms in total. The Hall–Kier alpha value is -2.38. The highest BCUT2D eigenvalue weighted by molar-refractivity contribution is 7.89. The second-order valence-electron chi connectivity index (χ2n) is 5.83. The lowest BCUT2D eigenvalue weighted by molar-refractivity contribution is -0.115. The van der Waals surface area contributed by atoms with Crippen LogP contribution in [0.4, 0.5) is 5.69 Å². The molecule has 0 heterocycles. The van der Waals surface area contributed by atoms with E-state index < -0.39 is 15.9 Å². The van der Waals surface area contributed by atoms with Gasteiger partial charge in [0.25, 0.3) is 0 Å². The summed E-state index contributed by atoms with van der Waals surface area (Å²) in [4.78, 5) is 12.1. The molecule has 0 saturated carbocycles. The summed E-state index contributed by atoms with van der Waals surface area (Å²) < 4.78 is 32.5. The highest BCUT2D eigenvalue weighted by Gasteiger charge is 2.19. The Bertz CT molecular complexity index is 892. The van der Waals surface area contributed by atoms with Gasteiger partial charge in [-0.05, 0) is 61.7 Å². The number of hydrogen-bond donors (Lipinski definition) is 2. The van der Waals surface area contributed by atoms with Crippen LogP contribution in [0.2, 0.25) is 0 Å². The number of rotatable bonds is 6. The van der Waals surface area contributed by atoms with Gasteiger partial charge in [0.2, 0.25) is 15.9 Å². The highest BCUT2D eigenvalue weighted by atomic mass is 32.2. The van der Waals surface area contributed by atoms with Crippen LogP contribution >= 0.6 is 0 Å². The van der Waals surface area contributed by atoms with Crippen molar-refractivity contribution in [2.45, 2.75) is 25.7 Å². The first-order chi connectivity index (χ1) is 11.7. The van der Waals surface area contributed by atoms with Crippen molar-refractivity contribution in [3.05, 3.63) is 53.1 Å². The second kappa shape index (κ2) is 7.67. The van der Waals surface area contributed by atoms with E-state index in [4.69, 9.17) is 4.74 Å². The summed E-state index contributed by atoms with van der Waals surface area (Å²) in [5.74, 6) is 0.186. The van der Waals surface area contributed by atoms with E-state index in [9.17, 15) is 13.2 Å². The van der Waals surface area contributed by atoms with Crippen LogP contribution in [0.15, 0.2) is 41.3 Å². The van der Waals surface area contributed by atoms with E-state index in [0.29, 0.717) is 22.6 Å². The van der Waals surface area contributed by atoms with E-state index in [0.717, 1.165) is 5.56 Å². The van der Waals surface area contributed by atoms with Crippen LogP contribution in [-0.2, 0) is 14.8 Å². The minimum absolute atomic E-state index is 0.133. The van der Waals surface area contributed by atoms with Crippen molar-refractivity contribution in [2.75, 3.05) is 19.0 Å². The van der Waals surface area contributed by atoms with Crippen molar-refractivity contribution >= 4 is 21.6 Å². The van der Waals surface area contributed by atoms with E-state index in [1.54, 1.807) is 26.0 Å². The summed E-state index contributed by atoms with van der Waals surface area (Å²) in [7, 11) is -2.27. The van der Waals surface area contributed by atoms with Gasteiger partial charge in [0.05, 0.1) is 18.6 Å². The fraction of sp³-hybridized carbons (Fsp3) is 0.278. The van der Waals surface area contributed by atoms with Crippen LogP contribution in [0.3, 0.4) is 0 Å². The molecule has 0 spiro atoms. The maximum absolute atomic E-state index is 12.5. The Morgan fingerprint density at radius 2 is 1.80 bits per heavy atom. The minimum atomic E-state index is -3.80. The molecule has 7 heteroatoms. The molecule has 25 heavy (non-hydrogen) atoms. The minimum Gasteiger partial charge on any atom is -0.496 e. The smallest absolute Gasteiger partial charge is 0.241 e. The van der Waals surface area contributed by atoms with Crippen LogP contribution in [0.1, 0.15) is 16.7 Å². The largest absolute Gasteiger partial charge is 0.496 e. The maximum atomic E-state index is 12.5. The zero-order chi connectivity index (χ0) is 18.6. The van der Waals surface area contributed by atoms with Crippen LogP contribution < -0.4 is 14.8 Å². The molecular weight excluding hydrogens is 340 g/mol. The van der Waals surface area contributed by atoms with E-state index in [1.807, 2.05) is 25.1 Å². The number of hydrogen-bond acceptors (Lipinski definition) is 4. The SMILES string of the molecule is COc1cc(C)c(S(=O)(=O)NCC(=O)Nc2cccc(C)c2)cc1C. The Kier molecular flexibility index (Phi) is 5.81. The zero-order valence-electron chi connectivity index (χ0n) is 14.7. The number of ether oxygens (including phenoxy) is 1. The van der Waals surface area contributed by atoms with Gasteiger partial charge in [-0.3, -0.25) is 4.79 Å². The Morgan fingerprint density at radius 1 is 1.08 bits per heavy atom. The highest BCUT2D eigenvalue weighted by Crippen LogP contribution is 2.25. The van der Waals surface area contributed by atoms with Gasteiger partial charge in [0.1, 0.15) is 5.75 Å². The first-order valence-corrected chi connectivity index (χ1v) is 9.22. The average Bonchev–Trinajstić information content (AvgIpc) is 2.54. The van der Waals surface area contributed by atoms with Crippen molar-refractivity contribution in [1.82, 2.24) is 4.72 Å². The number of amides is 1. The fourth-order valence-electron chi connectivity index (χ4n) is 2.44. The van der Waals surface area contributed by atoms with Gasteiger partial charge in [0.15, 0.2) is 0 Å². The molecule has 2 rings (SSSR count). The lowest BCUT2D eigenvalue weighted by Gasteiger charge is -2.13. The van der Waals surface area contributed by atoms with Gasteiger partial charge in [0, 0.05) is 5.69 Å². The molecule has 0 aromatic heterocycles. The molecule has 0 bridgehead atoms. The van der Waals surface area contributed by atoms with Gasteiger partial charge >= 0.3 is 0 Å². The summed E-state index contributed by atoms with van der Waals surface area (Å²) in [5, 5.41) is 2.67. The second-order valence-corrected chi connectivity index (χ2v) is 7.56. The number of carbonyl (C=O) groups is 1. The predicted octanol–water partition coefficient (Wildman–Crippen LogP) is 2.54. The molecular formula is C18H22N2O4S. The molecule has 2 aromatic carbocycles. The molecule has 0 aliphatic heterocycles. The topological polar surface area (TPSA) is 84.5 Å². The number of anilines is 1. The molecule has 0 saturated heterocycles. The first kappa shape index (κ1) is 19.0. The van der Waals surface area contributed by atoms with E-state index in [1.165, 1.54) is 13.2 Å². The molecule has 134 valence electrons. The van der Waals surface area contributed by atoms with Crippen molar-refractivity contribution < 1.29 is 17.9 Å². The monoisotopic (exact) mass is 362 g/mol. The number of methoxy groups -OCH3 is 1. The van der Waals surface area contributed by atoms with Crippen molar-refractivity contribution in [2.24, 2.45) is 0 Å². The van der Waals surface area contributed by atoms with Crippen molar-refractivity contribution in [1.29, 1.82) is 0 Å². The van der Waals surface area contributed by atoms with Crippen LogP contribution in [0.5, 0.6) is 5.75 Å². The lowest BCUT2D eigenvalue weighted by atomic mass is 10.1. The van der Waals surface area contributed by atoms with E-state index in [2.05, 4.69) is 10.0 Å². The quantitative estimate of drug-likeness (QED) is 0.827. The van der Waals surface area contributed by atoms with Crippen molar-refractivity contribution in [3.8, 4) is 5.75 Å². The molecule has 2 aromatic rings. The fourth-order valence-corrected chi connectivity index (χ4v) is 3.73. The molecule has 0 aliphatic rings. The predicted molar refractivity (Wildman–Crippen MR) is 97.5 cm³/mol. The Balaban J connectivity index is 2.09. The summed E-state index contributed by atoms with van der Waals surface area (Å²) in [6, 6.07) is 10.5. The van der Waals surface area contributed by atoms with Gasteiger partial charge in [-0.2, -0.15) is 0 Å². The van der Waals surface area contributed by atoms with Crippen molar-refractivity contribution in [3.63, 3.8) is 0 Å². The third-order valence-electron chi connectivity index (χ3n) is 3.71. The molecule has 0 unspecified atom stereocenters. The number of aryl methyl sites for hydroxylation is 3. The molecule has 2 N–H and O–H groups in total. The molecule has 1 amide bonds. The van der Waals surface area contributed by atoms with E-state index in [-0.39, 0.29) is 11.4 Å². The number of nitrogens with one attached hydrogen (secondary N) is 2. The summed E-state index contributed by atoms with van der Waals surface area (Å²) in [6.45, 7) is 5.01. The molecule has 0 atom stereocenters. The third kappa shape index (κ3) is 4.80. The lowest BCUT2D eigenvalue weighted by Crippen LogP contribution is -2.33. The standard InChI is InChI=1S/C18H22N2O4S/c1-12-6-5-7-15(8-12)20-18(21)11-19-25(22,23)17-10-13(2)16(24-4)9-14(17)3/h5-10,19H,11H2,1-4H3,(H,20,21). The maximum Gasteiger partial charge on any atom is 0.241 e. The first-order valence-electron chi connectivity index (χ1n) is 7.74. The van der Waals surface area contributed by atoms with Gasteiger partial charge in [-0.25, -0.2) is 13.1 Å². The third-order valence-corrected chi connectivity index (χ3v) is 5.25. The Morgan fingerprint density at radius 3 is 2.44 bits per heavy atom. The van der Waals surface area contributed by atoms with Crippen LogP contribution in [0, 0.1) is 20.8 Å². The summed E-state index contributed by atoms with van der Waals surface area (Å²) in [5.41, 5.74) is 2.88. The van der Waals surface area contributed by atoms with Crippen LogP contribution in [0.25, 0.3) is 0 Å². The number of benzene rings is 2. The zero-order valence-corrected chi connectivity index (χ0v) is 15.5. The van der Waals surface area contributed by atoms with Gasteiger partial charge in [-0.1, -0.05) is 12.1 Å². The van der Waals surface area contributed by atoms with Crippen LogP contribution in [-0.4, -0.2) is 28.0 Å². The Labute approximate surface area is 148 Å². The average molecular weight is 362 g/mol. The van der Waals surface area contributed by atoms with Gasteiger partial charge < -0.3 is 10.1 Å². The van der Waals surface area contributed by atoms with Gasteiger partial charge in [-0.15, -0.1) is 0 Å². The van der Waals surface area contributed by atoms with E-state index >= 15 is 0 Å². The number of carbonyl (C=O) groups excluding carboxylic acids is 1. The molecule has 0 fully saturated rings. The summed E-state index contributed by atoms with van der Waals surface area (Å²) in [6.07, 6.45) is 0. The number of sulfonamides is 1. The normalized spacial score (nSPS) is 11.2.